The SMILES string of the molecule is Cc1ccc(-n2cnc(CN)c2)nc1. The molecule has 0 aromatic carbocycles. The van der Waals surface area contributed by atoms with Crippen LogP contribution in [0.4, 0.5) is 0 Å². The summed E-state index contributed by atoms with van der Waals surface area (Å²) < 4.78 is 1.86. The number of hydrogen-bond donors (Lipinski definition) is 1. The fourth-order valence-corrected chi connectivity index (χ4v) is 1.21. The number of hydrogen-bond acceptors (Lipinski definition) is 3. The largest absolute Gasteiger partial charge is 0.325 e. The molecule has 14 heavy (non-hydrogen) atoms. The van der Waals surface area contributed by atoms with Crippen molar-refractivity contribution in [1.82, 2.24) is 14.5 Å². The molecule has 2 aromatic rings. The van der Waals surface area contributed by atoms with Gasteiger partial charge in [-0.05, 0) is 18.6 Å². The standard InChI is InChI=1S/C10H12N4/c1-8-2-3-10(12-5-8)14-6-9(4-11)13-7-14/h2-3,5-7H,4,11H2,1H3. The minimum absolute atomic E-state index is 0.457. The molecule has 4 nitrogen and oxygen atoms in total. The zero-order valence-electron chi connectivity index (χ0n) is 8.01. The highest BCUT2D eigenvalue weighted by molar-refractivity contribution is 5.25. The van der Waals surface area contributed by atoms with Gasteiger partial charge in [-0.2, -0.15) is 0 Å². The van der Waals surface area contributed by atoms with Crippen molar-refractivity contribution in [3.8, 4) is 5.82 Å². The fourth-order valence-electron chi connectivity index (χ4n) is 1.21. The Morgan fingerprint density at radius 1 is 1.36 bits per heavy atom. The van der Waals surface area contributed by atoms with Crippen LogP contribution in [-0.2, 0) is 6.54 Å². The van der Waals surface area contributed by atoms with Crippen molar-refractivity contribution in [2.45, 2.75) is 13.5 Å². The zero-order chi connectivity index (χ0) is 9.97. The molecule has 0 spiro atoms. The van der Waals surface area contributed by atoms with Crippen LogP contribution in [0.25, 0.3) is 5.82 Å². The highest BCUT2D eigenvalue weighted by Gasteiger charge is 1.99. The van der Waals surface area contributed by atoms with Crippen molar-refractivity contribution in [2.24, 2.45) is 5.73 Å². The van der Waals surface area contributed by atoms with Crippen LogP contribution in [0, 0.1) is 6.92 Å². The van der Waals surface area contributed by atoms with E-state index in [2.05, 4.69) is 9.97 Å². The normalized spacial score (nSPS) is 10.4. The molecule has 0 bridgehead atoms. The lowest BCUT2D eigenvalue weighted by Gasteiger charge is -1.99. The number of aryl methyl sites for hydroxylation is 1. The van der Waals surface area contributed by atoms with Gasteiger partial charge in [0.05, 0.1) is 5.69 Å². The van der Waals surface area contributed by atoms with Gasteiger partial charge in [0.1, 0.15) is 12.1 Å². The summed E-state index contributed by atoms with van der Waals surface area (Å²) in [5, 5.41) is 0. The number of imidazole rings is 1. The van der Waals surface area contributed by atoms with Crippen molar-refractivity contribution < 1.29 is 0 Å². The second-order valence-corrected chi connectivity index (χ2v) is 3.17. The number of pyridine rings is 1. The van der Waals surface area contributed by atoms with E-state index in [9.17, 15) is 0 Å². The van der Waals surface area contributed by atoms with Crippen LogP contribution in [0.1, 0.15) is 11.3 Å². The Kier molecular flexibility index (Phi) is 2.28. The molecule has 0 unspecified atom stereocenters. The average Bonchev–Trinajstić information content (AvgIpc) is 2.67. The summed E-state index contributed by atoms with van der Waals surface area (Å²) in [5.74, 6) is 0.864. The summed E-state index contributed by atoms with van der Waals surface area (Å²) in [4.78, 5) is 8.41. The predicted molar refractivity (Wildman–Crippen MR) is 54.0 cm³/mol. The molecule has 0 saturated heterocycles. The molecule has 4 heteroatoms. The number of nitrogens with zero attached hydrogens (tertiary/aromatic N) is 3. The quantitative estimate of drug-likeness (QED) is 0.766. The third kappa shape index (κ3) is 1.65. The number of aromatic nitrogens is 3. The van der Waals surface area contributed by atoms with Crippen LogP contribution in [0.2, 0.25) is 0 Å². The summed E-state index contributed by atoms with van der Waals surface area (Å²) >= 11 is 0. The number of rotatable bonds is 2. The highest BCUT2D eigenvalue weighted by atomic mass is 15.1. The molecule has 0 aliphatic heterocycles. The van der Waals surface area contributed by atoms with Gasteiger partial charge in [-0.15, -0.1) is 0 Å². The van der Waals surface area contributed by atoms with Gasteiger partial charge in [0, 0.05) is 18.9 Å². The Balaban J connectivity index is 2.34. The van der Waals surface area contributed by atoms with Crippen molar-refractivity contribution in [3.05, 3.63) is 42.1 Å². The lowest BCUT2D eigenvalue weighted by Crippen LogP contribution is -1.96. The topological polar surface area (TPSA) is 56.7 Å². The van der Waals surface area contributed by atoms with E-state index in [0.717, 1.165) is 17.1 Å². The molecule has 0 aliphatic carbocycles. The molecule has 2 rings (SSSR count). The summed E-state index contributed by atoms with van der Waals surface area (Å²) in [5.41, 5.74) is 7.48. The van der Waals surface area contributed by atoms with E-state index in [4.69, 9.17) is 5.73 Å². The Morgan fingerprint density at radius 3 is 2.79 bits per heavy atom. The Labute approximate surface area is 82.4 Å². The van der Waals surface area contributed by atoms with Crippen LogP contribution in [0.15, 0.2) is 30.9 Å². The lowest BCUT2D eigenvalue weighted by molar-refractivity contribution is 0.984. The highest BCUT2D eigenvalue weighted by Crippen LogP contribution is 2.06. The van der Waals surface area contributed by atoms with E-state index in [1.165, 1.54) is 0 Å². The zero-order valence-corrected chi connectivity index (χ0v) is 8.01. The van der Waals surface area contributed by atoms with Gasteiger partial charge in [0.25, 0.3) is 0 Å². The maximum Gasteiger partial charge on any atom is 0.137 e. The first kappa shape index (κ1) is 8.90. The van der Waals surface area contributed by atoms with E-state index < -0.39 is 0 Å². The van der Waals surface area contributed by atoms with Gasteiger partial charge >= 0.3 is 0 Å². The summed E-state index contributed by atoms with van der Waals surface area (Å²) in [6.45, 7) is 2.47. The van der Waals surface area contributed by atoms with Crippen LogP contribution in [-0.4, -0.2) is 14.5 Å². The van der Waals surface area contributed by atoms with E-state index in [1.54, 1.807) is 6.33 Å². The molecule has 0 amide bonds. The minimum Gasteiger partial charge on any atom is -0.325 e. The Bertz CT molecular complexity index is 416. The molecule has 0 atom stereocenters. The van der Waals surface area contributed by atoms with Crippen molar-refractivity contribution >= 4 is 0 Å². The molecule has 2 N–H and O–H groups in total. The smallest absolute Gasteiger partial charge is 0.137 e. The second-order valence-electron chi connectivity index (χ2n) is 3.17. The molecular formula is C10H12N4. The van der Waals surface area contributed by atoms with Crippen molar-refractivity contribution in [3.63, 3.8) is 0 Å². The van der Waals surface area contributed by atoms with E-state index in [1.807, 2.05) is 36.0 Å². The lowest BCUT2D eigenvalue weighted by atomic mass is 10.3. The van der Waals surface area contributed by atoms with Crippen LogP contribution in [0.5, 0.6) is 0 Å². The minimum atomic E-state index is 0.457. The van der Waals surface area contributed by atoms with Gasteiger partial charge in [-0.25, -0.2) is 9.97 Å². The first-order valence-corrected chi connectivity index (χ1v) is 4.45. The first-order chi connectivity index (χ1) is 6.79. The van der Waals surface area contributed by atoms with Crippen LogP contribution < -0.4 is 5.73 Å². The van der Waals surface area contributed by atoms with Crippen LogP contribution in [0.3, 0.4) is 0 Å². The van der Waals surface area contributed by atoms with E-state index >= 15 is 0 Å². The molecule has 72 valence electrons. The summed E-state index contributed by atoms with van der Waals surface area (Å²) in [6.07, 6.45) is 5.44. The fraction of sp³-hybridized carbons (Fsp3) is 0.200. The van der Waals surface area contributed by atoms with Crippen molar-refractivity contribution in [2.75, 3.05) is 0 Å². The molecule has 0 saturated carbocycles. The summed E-state index contributed by atoms with van der Waals surface area (Å²) in [6, 6.07) is 3.97. The van der Waals surface area contributed by atoms with E-state index in [-0.39, 0.29) is 0 Å². The average molecular weight is 188 g/mol. The molecule has 0 radical (unpaired) electrons. The molecule has 0 fully saturated rings. The Hall–Kier alpha value is -1.68. The van der Waals surface area contributed by atoms with Crippen molar-refractivity contribution in [1.29, 1.82) is 0 Å². The third-order valence-electron chi connectivity index (χ3n) is 2.01. The summed E-state index contributed by atoms with van der Waals surface area (Å²) in [7, 11) is 0. The maximum absolute atomic E-state index is 5.47. The third-order valence-corrected chi connectivity index (χ3v) is 2.01. The molecular weight excluding hydrogens is 176 g/mol. The first-order valence-electron chi connectivity index (χ1n) is 4.45. The monoisotopic (exact) mass is 188 g/mol. The molecule has 2 heterocycles. The van der Waals surface area contributed by atoms with Gasteiger partial charge in [0.2, 0.25) is 0 Å². The molecule has 2 aromatic heterocycles. The van der Waals surface area contributed by atoms with Gasteiger partial charge < -0.3 is 5.73 Å². The van der Waals surface area contributed by atoms with Crippen LogP contribution >= 0.6 is 0 Å². The maximum atomic E-state index is 5.47. The van der Waals surface area contributed by atoms with E-state index in [0.29, 0.717) is 6.54 Å². The Morgan fingerprint density at radius 2 is 2.21 bits per heavy atom. The second kappa shape index (κ2) is 3.59. The molecule has 0 aliphatic rings. The van der Waals surface area contributed by atoms with Gasteiger partial charge in [-0.3, -0.25) is 4.57 Å². The van der Waals surface area contributed by atoms with Gasteiger partial charge in [0.15, 0.2) is 0 Å². The predicted octanol–water partition coefficient (Wildman–Crippen LogP) is 1.03. The number of nitrogens with two attached hydrogens (primary N) is 1. The van der Waals surface area contributed by atoms with Gasteiger partial charge in [-0.1, -0.05) is 6.07 Å².